The number of ether oxygens (including phenoxy) is 1. The number of fused-ring (bicyclic) bond motifs is 2. The Labute approximate surface area is 223 Å². The summed E-state index contributed by atoms with van der Waals surface area (Å²) in [5, 5.41) is 16.0. The first-order valence-electron chi connectivity index (χ1n) is 12.9. The summed E-state index contributed by atoms with van der Waals surface area (Å²) in [6.07, 6.45) is 7.32. The Morgan fingerprint density at radius 1 is 1.24 bits per heavy atom. The van der Waals surface area contributed by atoms with Crippen molar-refractivity contribution in [3.63, 3.8) is 0 Å². The number of allylic oxidation sites excluding steroid dienone is 3. The van der Waals surface area contributed by atoms with Crippen molar-refractivity contribution in [3.8, 4) is 16.9 Å². The Morgan fingerprint density at radius 2 is 2.05 bits per heavy atom. The summed E-state index contributed by atoms with van der Waals surface area (Å²) in [6, 6.07) is 2.49. The van der Waals surface area contributed by atoms with Crippen molar-refractivity contribution >= 4 is 17.5 Å². The van der Waals surface area contributed by atoms with E-state index < -0.39 is 35.4 Å². The number of carbonyl (C=O) groups is 1. The maximum absolute atomic E-state index is 16.3. The van der Waals surface area contributed by atoms with Crippen molar-refractivity contribution in [1.29, 1.82) is 0 Å². The lowest BCUT2D eigenvalue weighted by Gasteiger charge is -2.40. The number of hydrogen-bond acceptors (Lipinski definition) is 4. The van der Waals surface area contributed by atoms with Gasteiger partial charge in [-0.2, -0.15) is 0 Å². The summed E-state index contributed by atoms with van der Waals surface area (Å²) in [6.45, 7) is 0.827. The summed E-state index contributed by atoms with van der Waals surface area (Å²) >= 11 is 6.56. The lowest BCUT2D eigenvalue weighted by Crippen LogP contribution is -2.56. The molecule has 0 aromatic heterocycles. The zero-order valence-corrected chi connectivity index (χ0v) is 21.5. The SMILES string of the molecule is CNC(=O)c1cc2c(c(F)c1-c1c(Cl)c(F)cc3c1C[C@](C1C=CC=CC1)([C@@H]1CCCN1)O3)CC(F)C2O. The van der Waals surface area contributed by atoms with Crippen molar-refractivity contribution in [3.05, 3.63) is 75.3 Å². The van der Waals surface area contributed by atoms with E-state index in [4.69, 9.17) is 16.3 Å². The van der Waals surface area contributed by atoms with E-state index in [1.807, 2.05) is 12.2 Å². The van der Waals surface area contributed by atoms with Gasteiger partial charge in [0.25, 0.3) is 5.91 Å². The number of aliphatic hydroxyl groups excluding tert-OH is 1. The molecular formula is C29H28ClF3N2O3. The number of amides is 1. The Kier molecular flexibility index (Phi) is 6.32. The molecule has 0 saturated carbocycles. The van der Waals surface area contributed by atoms with E-state index in [0.717, 1.165) is 25.8 Å². The summed E-state index contributed by atoms with van der Waals surface area (Å²) in [5.41, 5.74) is -0.607. The van der Waals surface area contributed by atoms with Crippen LogP contribution in [0.5, 0.6) is 5.75 Å². The zero-order chi connectivity index (χ0) is 26.8. The Bertz CT molecular complexity index is 1390. The van der Waals surface area contributed by atoms with Gasteiger partial charge < -0.3 is 20.5 Å². The predicted molar refractivity (Wildman–Crippen MR) is 138 cm³/mol. The second-order valence-corrected chi connectivity index (χ2v) is 10.9. The highest BCUT2D eigenvalue weighted by molar-refractivity contribution is 6.34. The number of alkyl halides is 1. The monoisotopic (exact) mass is 544 g/mol. The third kappa shape index (κ3) is 3.72. The fourth-order valence-corrected chi connectivity index (χ4v) is 6.89. The highest BCUT2D eigenvalue weighted by atomic mass is 35.5. The molecular weight excluding hydrogens is 517 g/mol. The normalized spacial score (nSPS) is 29.3. The molecule has 3 N–H and O–H groups in total. The van der Waals surface area contributed by atoms with Gasteiger partial charge in [-0.15, -0.1) is 0 Å². The molecule has 2 heterocycles. The molecule has 5 nitrogen and oxygen atoms in total. The molecule has 2 aliphatic heterocycles. The van der Waals surface area contributed by atoms with Gasteiger partial charge in [-0.25, -0.2) is 13.2 Å². The average molecular weight is 545 g/mol. The van der Waals surface area contributed by atoms with Crippen LogP contribution in [-0.4, -0.2) is 42.4 Å². The van der Waals surface area contributed by atoms with Gasteiger partial charge in [-0.3, -0.25) is 4.79 Å². The van der Waals surface area contributed by atoms with Gasteiger partial charge in [0.05, 0.1) is 10.6 Å². The molecule has 1 saturated heterocycles. The van der Waals surface area contributed by atoms with Crippen molar-refractivity contribution in [1.82, 2.24) is 10.6 Å². The highest BCUT2D eigenvalue weighted by Crippen LogP contribution is 2.53. The third-order valence-corrected chi connectivity index (χ3v) is 8.85. The first-order valence-corrected chi connectivity index (χ1v) is 13.3. The van der Waals surface area contributed by atoms with Crippen LogP contribution in [0.1, 0.15) is 52.4 Å². The molecule has 5 atom stereocenters. The van der Waals surface area contributed by atoms with Crippen LogP contribution in [0.2, 0.25) is 5.02 Å². The predicted octanol–water partition coefficient (Wildman–Crippen LogP) is 5.13. The molecule has 3 unspecified atom stereocenters. The molecule has 200 valence electrons. The summed E-state index contributed by atoms with van der Waals surface area (Å²) in [5.74, 6) is -2.12. The molecule has 2 aliphatic carbocycles. The van der Waals surface area contributed by atoms with Crippen LogP contribution in [0.3, 0.4) is 0 Å². The average Bonchev–Trinajstić information content (AvgIpc) is 3.65. The Morgan fingerprint density at radius 3 is 2.74 bits per heavy atom. The molecule has 0 bridgehead atoms. The number of nitrogens with one attached hydrogen (secondary N) is 2. The van der Waals surface area contributed by atoms with Crippen molar-refractivity contribution in [2.24, 2.45) is 5.92 Å². The number of hydrogen-bond donors (Lipinski definition) is 3. The van der Waals surface area contributed by atoms with E-state index in [2.05, 4.69) is 22.8 Å². The number of carbonyl (C=O) groups excluding carboxylic acids is 1. The number of aliphatic hydroxyl groups is 1. The van der Waals surface area contributed by atoms with Gasteiger partial charge in [0, 0.05) is 54.6 Å². The molecule has 4 aliphatic rings. The first-order chi connectivity index (χ1) is 18.3. The topological polar surface area (TPSA) is 70.6 Å². The van der Waals surface area contributed by atoms with Gasteiger partial charge in [0.15, 0.2) is 0 Å². The van der Waals surface area contributed by atoms with E-state index in [1.54, 1.807) is 0 Å². The summed E-state index contributed by atoms with van der Waals surface area (Å²) in [7, 11) is 1.38. The largest absolute Gasteiger partial charge is 0.484 e. The number of benzene rings is 2. The molecule has 0 spiro atoms. The minimum Gasteiger partial charge on any atom is -0.484 e. The molecule has 38 heavy (non-hydrogen) atoms. The maximum atomic E-state index is 16.3. The molecule has 0 radical (unpaired) electrons. The molecule has 6 rings (SSSR count). The highest BCUT2D eigenvalue weighted by Gasteiger charge is 2.53. The van der Waals surface area contributed by atoms with Crippen LogP contribution >= 0.6 is 11.6 Å². The van der Waals surface area contributed by atoms with Gasteiger partial charge in [0.1, 0.15) is 35.3 Å². The minimum absolute atomic E-state index is 0.0152. The van der Waals surface area contributed by atoms with Gasteiger partial charge >= 0.3 is 0 Å². The van der Waals surface area contributed by atoms with Crippen LogP contribution < -0.4 is 15.4 Å². The molecule has 1 fully saturated rings. The smallest absolute Gasteiger partial charge is 0.251 e. The quantitative estimate of drug-likeness (QED) is 0.499. The number of rotatable bonds is 4. The van der Waals surface area contributed by atoms with Crippen LogP contribution in [0, 0.1) is 17.6 Å². The molecule has 2 aromatic carbocycles. The van der Waals surface area contributed by atoms with Crippen LogP contribution in [-0.2, 0) is 12.8 Å². The Hall–Kier alpha value is -2.81. The van der Waals surface area contributed by atoms with Gasteiger partial charge in [-0.1, -0.05) is 35.9 Å². The lowest BCUT2D eigenvalue weighted by molar-refractivity contribution is 0.0163. The van der Waals surface area contributed by atoms with E-state index in [1.165, 1.54) is 19.2 Å². The summed E-state index contributed by atoms with van der Waals surface area (Å²) < 4.78 is 52.7. The fraction of sp³-hybridized carbons (Fsp3) is 0.414. The lowest BCUT2D eigenvalue weighted by atomic mass is 9.73. The molecule has 9 heteroatoms. The Balaban J connectivity index is 1.58. The minimum atomic E-state index is -1.71. The van der Waals surface area contributed by atoms with Gasteiger partial charge in [-0.05, 0) is 43.0 Å². The fourth-order valence-electron chi connectivity index (χ4n) is 6.63. The zero-order valence-electron chi connectivity index (χ0n) is 20.8. The van der Waals surface area contributed by atoms with E-state index in [9.17, 15) is 14.3 Å². The van der Waals surface area contributed by atoms with Crippen molar-refractivity contribution < 1.29 is 27.8 Å². The standard InChI is InChI=1S/C29H28ClF3N2O3/c1-34-28(37)17-10-16-15(11-20(32)27(16)36)26(33)24(17)23-18-13-29(22-8-5-9-35-22,14-6-3-2-4-7-14)38-21(18)12-19(31)25(23)30/h2-4,6,10,12,14,20,22,27,35-36H,5,7-9,11,13H2,1H3,(H,34,37)/t14?,20?,22-,27?,29-/m0/s1. The van der Waals surface area contributed by atoms with Gasteiger partial charge in [0.2, 0.25) is 0 Å². The number of halogens is 4. The first kappa shape index (κ1) is 25.5. The van der Waals surface area contributed by atoms with Crippen LogP contribution in [0.4, 0.5) is 13.2 Å². The van der Waals surface area contributed by atoms with E-state index in [-0.39, 0.29) is 57.0 Å². The van der Waals surface area contributed by atoms with Crippen LogP contribution in [0.25, 0.3) is 11.1 Å². The molecule has 1 amide bonds. The van der Waals surface area contributed by atoms with Crippen LogP contribution in [0.15, 0.2) is 36.4 Å². The maximum Gasteiger partial charge on any atom is 0.251 e. The van der Waals surface area contributed by atoms with E-state index >= 15 is 8.78 Å². The van der Waals surface area contributed by atoms with Crippen molar-refractivity contribution in [2.45, 2.75) is 56.0 Å². The van der Waals surface area contributed by atoms with E-state index in [0.29, 0.717) is 12.0 Å². The second-order valence-electron chi connectivity index (χ2n) is 10.5. The summed E-state index contributed by atoms with van der Waals surface area (Å²) in [4.78, 5) is 13.0. The van der Waals surface area contributed by atoms with Crippen molar-refractivity contribution in [2.75, 3.05) is 13.6 Å². The second kappa shape index (κ2) is 9.43. The third-order valence-electron chi connectivity index (χ3n) is 8.48. The molecule has 2 aromatic rings.